The van der Waals surface area contributed by atoms with Gasteiger partial charge < -0.3 is 10.1 Å². The molecule has 2 nitrogen and oxygen atoms in total. The van der Waals surface area contributed by atoms with E-state index in [1.165, 1.54) is 10.4 Å². The third-order valence-corrected chi connectivity index (χ3v) is 5.31. The highest BCUT2D eigenvalue weighted by molar-refractivity contribution is 7.10. The molecular formula is C17H22ClNOS. The number of benzene rings is 1. The number of halogens is 1. The first-order valence-corrected chi connectivity index (χ1v) is 8.51. The number of nitrogens with one attached hydrogen (secondary N) is 1. The first kappa shape index (κ1) is 16.3. The number of aryl methyl sites for hydroxylation is 1. The van der Waals surface area contributed by atoms with Crippen molar-refractivity contribution in [3.63, 3.8) is 0 Å². The SMILES string of the molecule is CCCNC(Cc1ccc(OC)cc1)c1scc(C)c1Cl. The maximum atomic E-state index is 6.45. The van der Waals surface area contributed by atoms with E-state index in [1.807, 2.05) is 12.1 Å². The van der Waals surface area contributed by atoms with Gasteiger partial charge in [-0.05, 0) is 54.9 Å². The summed E-state index contributed by atoms with van der Waals surface area (Å²) in [6.45, 7) is 5.24. The quantitative estimate of drug-likeness (QED) is 0.774. The van der Waals surface area contributed by atoms with E-state index in [1.54, 1.807) is 18.4 Å². The van der Waals surface area contributed by atoms with Crippen LogP contribution in [0.25, 0.3) is 0 Å². The molecule has 0 radical (unpaired) electrons. The van der Waals surface area contributed by atoms with E-state index in [-0.39, 0.29) is 6.04 Å². The summed E-state index contributed by atoms with van der Waals surface area (Å²) < 4.78 is 5.21. The Morgan fingerprint density at radius 3 is 2.52 bits per heavy atom. The molecule has 1 aromatic carbocycles. The summed E-state index contributed by atoms with van der Waals surface area (Å²) >= 11 is 8.19. The molecule has 0 fully saturated rings. The van der Waals surface area contributed by atoms with Crippen LogP contribution in [0.3, 0.4) is 0 Å². The molecule has 1 unspecified atom stereocenters. The predicted molar refractivity (Wildman–Crippen MR) is 91.8 cm³/mol. The highest BCUT2D eigenvalue weighted by atomic mass is 35.5. The van der Waals surface area contributed by atoms with E-state index >= 15 is 0 Å². The molecule has 4 heteroatoms. The second-order valence-electron chi connectivity index (χ2n) is 5.16. The molecular weight excluding hydrogens is 302 g/mol. The normalized spacial score (nSPS) is 12.4. The van der Waals surface area contributed by atoms with Gasteiger partial charge in [0.25, 0.3) is 0 Å². The lowest BCUT2D eigenvalue weighted by molar-refractivity contribution is 0.414. The Morgan fingerprint density at radius 2 is 2.00 bits per heavy atom. The van der Waals surface area contributed by atoms with E-state index < -0.39 is 0 Å². The summed E-state index contributed by atoms with van der Waals surface area (Å²) in [7, 11) is 1.69. The van der Waals surface area contributed by atoms with E-state index in [0.717, 1.165) is 35.7 Å². The Bertz CT molecular complexity index is 565. The molecule has 2 aromatic rings. The van der Waals surface area contributed by atoms with Crippen LogP contribution in [0, 0.1) is 6.92 Å². The Morgan fingerprint density at radius 1 is 1.29 bits per heavy atom. The molecule has 0 amide bonds. The summed E-state index contributed by atoms with van der Waals surface area (Å²) in [5.74, 6) is 0.891. The van der Waals surface area contributed by atoms with Gasteiger partial charge in [-0.25, -0.2) is 0 Å². The standard InChI is InChI=1S/C17H22ClNOS/c1-4-9-19-15(17-16(18)12(2)11-21-17)10-13-5-7-14(20-3)8-6-13/h5-8,11,15,19H,4,9-10H2,1-3H3. The van der Waals surface area contributed by atoms with Gasteiger partial charge in [-0.3, -0.25) is 0 Å². The van der Waals surface area contributed by atoms with Crippen LogP contribution in [0.2, 0.25) is 5.02 Å². The number of ether oxygens (including phenoxy) is 1. The summed E-state index contributed by atoms with van der Waals surface area (Å²) in [5, 5.41) is 6.65. The molecule has 0 aliphatic rings. The van der Waals surface area contributed by atoms with Crippen molar-refractivity contribution in [3.8, 4) is 5.75 Å². The zero-order chi connectivity index (χ0) is 15.2. The first-order valence-electron chi connectivity index (χ1n) is 7.25. The Labute approximate surface area is 136 Å². The van der Waals surface area contributed by atoms with Crippen LogP contribution in [-0.4, -0.2) is 13.7 Å². The Hall–Kier alpha value is -1.03. The van der Waals surface area contributed by atoms with Gasteiger partial charge in [-0.2, -0.15) is 0 Å². The van der Waals surface area contributed by atoms with Crippen molar-refractivity contribution in [2.45, 2.75) is 32.7 Å². The number of rotatable bonds is 7. The lowest BCUT2D eigenvalue weighted by Crippen LogP contribution is -2.23. The zero-order valence-electron chi connectivity index (χ0n) is 12.8. The zero-order valence-corrected chi connectivity index (χ0v) is 14.4. The molecule has 0 bridgehead atoms. The van der Waals surface area contributed by atoms with Crippen LogP contribution in [0.1, 0.15) is 35.4 Å². The molecule has 0 aliphatic heterocycles. The third-order valence-electron chi connectivity index (χ3n) is 3.48. The lowest BCUT2D eigenvalue weighted by Gasteiger charge is -2.18. The molecule has 1 heterocycles. The highest BCUT2D eigenvalue weighted by Gasteiger charge is 2.18. The molecule has 0 aliphatic carbocycles. The third kappa shape index (κ3) is 4.22. The highest BCUT2D eigenvalue weighted by Crippen LogP contribution is 2.34. The average molecular weight is 324 g/mol. The van der Waals surface area contributed by atoms with Gasteiger partial charge in [0.05, 0.1) is 12.1 Å². The van der Waals surface area contributed by atoms with Gasteiger partial charge in [-0.15, -0.1) is 11.3 Å². The van der Waals surface area contributed by atoms with Gasteiger partial charge in [-0.1, -0.05) is 30.7 Å². The number of thiophene rings is 1. The largest absolute Gasteiger partial charge is 0.497 e. The summed E-state index contributed by atoms with van der Waals surface area (Å²) in [6, 6.07) is 8.52. The predicted octanol–water partition coefficient (Wildman–Crippen LogP) is 5.00. The van der Waals surface area contributed by atoms with Crippen LogP contribution in [-0.2, 0) is 6.42 Å². The first-order chi connectivity index (χ1) is 10.2. The fourth-order valence-corrected chi connectivity index (χ4v) is 3.66. The fourth-order valence-electron chi connectivity index (χ4n) is 2.26. The van der Waals surface area contributed by atoms with Crippen LogP contribution < -0.4 is 10.1 Å². The topological polar surface area (TPSA) is 21.3 Å². The molecule has 1 N–H and O–H groups in total. The molecule has 0 saturated heterocycles. The van der Waals surface area contributed by atoms with Crippen LogP contribution in [0.5, 0.6) is 5.75 Å². The van der Waals surface area contributed by atoms with Crippen LogP contribution in [0.15, 0.2) is 29.6 Å². The van der Waals surface area contributed by atoms with Gasteiger partial charge >= 0.3 is 0 Å². The smallest absolute Gasteiger partial charge is 0.118 e. The van der Waals surface area contributed by atoms with Crippen molar-refractivity contribution in [1.82, 2.24) is 5.32 Å². The summed E-state index contributed by atoms with van der Waals surface area (Å²) in [6.07, 6.45) is 2.05. The molecule has 0 spiro atoms. The van der Waals surface area contributed by atoms with Gasteiger partial charge in [0.15, 0.2) is 0 Å². The van der Waals surface area contributed by atoms with E-state index in [2.05, 4.69) is 36.7 Å². The van der Waals surface area contributed by atoms with Crippen molar-refractivity contribution in [1.29, 1.82) is 0 Å². The maximum absolute atomic E-state index is 6.45. The van der Waals surface area contributed by atoms with E-state index in [9.17, 15) is 0 Å². The Kier molecular flexibility index (Phi) is 6.09. The van der Waals surface area contributed by atoms with Crippen molar-refractivity contribution >= 4 is 22.9 Å². The van der Waals surface area contributed by atoms with Gasteiger partial charge in [0.1, 0.15) is 5.75 Å². The molecule has 114 valence electrons. The van der Waals surface area contributed by atoms with Crippen LogP contribution >= 0.6 is 22.9 Å². The van der Waals surface area contributed by atoms with Crippen molar-refractivity contribution in [2.75, 3.05) is 13.7 Å². The second kappa shape index (κ2) is 7.83. The minimum atomic E-state index is 0.268. The van der Waals surface area contributed by atoms with Crippen LogP contribution in [0.4, 0.5) is 0 Å². The number of hydrogen-bond acceptors (Lipinski definition) is 3. The maximum Gasteiger partial charge on any atom is 0.118 e. The minimum absolute atomic E-state index is 0.268. The van der Waals surface area contributed by atoms with E-state index in [4.69, 9.17) is 16.3 Å². The monoisotopic (exact) mass is 323 g/mol. The van der Waals surface area contributed by atoms with E-state index in [0.29, 0.717) is 0 Å². The van der Waals surface area contributed by atoms with Crippen molar-refractivity contribution < 1.29 is 4.74 Å². The van der Waals surface area contributed by atoms with Gasteiger partial charge in [0, 0.05) is 10.9 Å². The lowest BCUT2D eigenvalue weighted by atomic mass is 10.0. The van der Waals surface area contributed by atoms with Gasteiger partial charge in [0.2, 0.25) is 0 Å². The number of hydrogen-bond donors (Lipinski definition) is 1. The summed E-state index contributed by atoms with van der Waals surface area (Å²) in [4.78, 5) is 1.23. The summed E-state index contributed by atoms with van der Waals surface area (Å²) in [5.41, 5.74) is 2.45. The molecule has 1 aromatic heterocycles. The Balaban J connectivity index is 2.17. The molecule has 0 saturated carbocycles. The second-order valence-corrected chi connectivity index (χ2v) is 6.45. The average Bonchev–Trinajstić information content (AvgIpc) is 2.84. The fraction of sp³-hybridized carbons (Fsp3) is 0.412. The molecule has 1 atom stereocenters. The molecule has 2 rings (SSSR count). The number of methoxy groups -OCH3 is 1. The minimum Gasteiger partial charge on any atom is -0.497 e. The molecule has 21 heavy (non-hydrogen) atoms. The van der Waals surface area contributed by atoms with Crippen molar-refractivity contribution in [2.24, 2.45) is 0 Å². The van der Waals surface area contributed by atoms with Crippen molar-refractivity contribution in [3.05, 3.63) is 50.7 Å².